The van der Waals surface area contributed by atoms with Crippen molar-refractivity contribution in [3.63, 3.8) is 0 Å². The van der Waals surface area contributed by atoms with Crippen LogP contribution in [0.25, 0.3) is 0 Å². The van der Waals surface area contributed by atoms with E-state index in [2.05, 4.69) is 62.4 Å². The zero-order valence-electron chi connectivity index (χ0n) is 16.8. The summed E-state index contributed by atoms with van der Waals surface area (Å²) in [6.07, 6.45) is 4.33. The zero-order chi connectivity index (χ0) is 19.9. The number of hydrogen-bond donors (Lipinski definition) is 1. The third kappa shape index (κ3) is 5.70. The molecule has 28 heavy (non-hydrogen) atoms. The van der Waals surface area contributed by atoms with Crippen molar-refractivity contribution in [2.45, 2.75) is 52.1 Å². The van der Waals surface area contributed by atoms with Gasteiger partial charge in [-0.3, -0.25) is 0 Å². The molecule has 0 saturated heterocycles. The average molecular weight is 393 g/mol. The summed E-state index contributed by atoms with van der Waals surface area (Å²) >= 11 is 6.28. The summed E-state index contributed by atoms with van der Waals surface area (Å²) in [6.45, 7) is 4.45. The topological polar surface area (TPSA) is 20.2 Å². The number of aliphatic hydroxyl groups is 1. The van der Waals surface area contributed by atoms with Crippen molar-refractivity contribution in [3.8, 4) is 0 Å². The maximum absolute atomic E-state index is 9.19. The van der Waals surface area contributed by atoms with E-state index < -0.39 is 0 Å². The van der Waals surface area contributed by atoms with E-state index in [0.29, 0.717) is 5.92 Å². The van der Waals surface area contributed by atoms with E-state index in [1.165, 1.54) is 27.8 Å². The molecule has 0 fully saturated rings. The predicted molar refractivity (Wildman–Crippen MR) is 119 cm³/mol. The summed E-state index contributed by atoms with van der Waals surface area (Å²) in [6, 6.07) is 23.4. The smallest absolute Gasteiger partial charge is 0.0681 e. The number of halogens is 1. The van der Waals surface area contributed by atoms with Gasteiger partial charge in [-0.1, -0.05) is 66.2 Å². The van der Waals surface area contributed by atoms with Crippen LogP contribution in [0.15, 0.2) is 66.7 Å². The van der Waals surface area contributed by atoms with Gasteiger partial charge in [0.2, 0.25) is 0 Å². The summed E-state index contributed by atoms with van der Waals surface area (Å²) < 4.78 is 0. The zero-order valence-corrected chi connectivity index (χ0v) is 17.5. The fourth-order valence-corrected chi connectivity index (χ4v) is 3.92. The highest BCUT2D eigenvalue weighted by Crippen LogP contribution is 2.29. The Bertz CT molecular complexity index is 899. The first-order valence-electron chi connectivity index (χ1n) is 10.1. The third-order valence-corrected chi connectivity index (χ3v) is 5.83. The van der Waals surface area contributed by atoms with Gasteiger partial charge in [0.15, 0.2) is 0 Å². The van der Waals surface area contributed by atoms with Crippen molar-refractivity contribution in [1.82, 2.24) is 0 Å². The highest BCUT2D eigenvalue weighted by molar-refractivity contribution is 6.30. The van der Waals surface area contributed by atoms with E-state index in [1.807, 2.05) is 18.2 Å². The fraction of sp³-hybridized carbons (Fsp3) is 0.308. The molecule has 0 aliphatic carbocycles. The standard InChI is InChI=1S/C26H29ClO/c1-19-9-10-23(15-20(19)2)16-24(25-7-4-8-26(27)17-25)6-3-5-21-11-13-22(18-28)14-12-21/h4,7-15,17,24,28H,3,5-6,16,18H2,1-2H3. The van der Waals surface area contributed by atoms with E-state index in [4.69, 9.17) is 11.6 Å². The number of rotatable bonds is 8. The van der Waals surface area contributed by atoms with E-state index in [0.717, 1.165) is 36.3 Å². The molecule has 3 aromatic carbocycles. The van der Waals surface area contributed by atoms with Crippen LogP contribution < -0.4 is 0 Å². The van der Waals surface area contributed by atoms with Crippen LogP contribution in [0.5, 0.6) is 0 Å². The third-order valence-electron chi connectivity index (χ3n) is 5.60. The van der Waals surface area contributed by atoms with Crippen molar-refractivity contribution < 1.29 is 5.11 Å². The predicted octanol–water partition coefficient (Wildman–Crippen LogP) is 6.80. The van der Waals surface area contributed by atoms with Gasteiger partial charge in [0.25, 0.3) is 0 Å². The fourth-order valence-electron chi connectivity index (χ4n) is 3.73. The first-order chi connectivity index (χ1) is 13.5. The van der Waals surface area contributed by atoms with Crippen LogP contribution in [0.3, 0.4) is 0 Å². The van der Waals surface area contributed by atoms with E-state index in [-0.39, 0.29) is 6.61 Å². The van der Waals surface area contributed by atoms with E-state index in [9.17, 15) is 5.11 Å². The van der Waals surface area contributed by atoms with Crippen molar-refractivity contribution in [2.75, 3.05) is 0 Å². The lowest BCUT2D eigenvalue weighted by atomic mass is 9.86. The minimum Gasteiger partial charge on any atom is -0.392 e. The lowest BCUT2D eigenvalue weighted by Gasteiger charge is -2.19. The van der Waals surface area contributed by atoms with Crippen molar-refractivity contribution >= 4 is 11.6 Å². The van der Waals surface area contributed by atoms with Gasteiger partial charge in [-0.25, -0.2) is 0 Å². The molecule has 0 aromatic heterocycles. The monoisotopic (exact) mass is 392 g/mol. The molecule has 2 heteroatoms. The highest BCUT2D eigenvalue weighted by atomic mass is 35.5. The van der Waals surface area contributed by atoms with Crippen LogP contribution in [0, 0.1) is 13.8 Å². The molecule has 0 radical (unpaired) electrons. The summed E-state index contributed by atoms with van der Waals surface area (Å²) in [5, 5.41) is 10.00. The minimum atomic E-state index is 0.104. The number of aliphatic hydroxyl groups excluding tert-OH is 1. The SMILES string of the molecule is Cc1ccc(CC(CCCc2ccc(CO)cc2)c2cccc(Cl)c2)cc1C. The molecule has 1 nitrogen and oxygen atoms in total. The molecule has 0 amide bonds. The van der Waals surface area contributed by atoms with Gasteiger partial charge in [0, 0.05) is 5.02 Å². The van der Waals surface area contributed by atoms with Crippen molar-refractivity contribution in [1.29, 1.82) is 0 Å². The maximum Gasteiger partial charge on any atom is 0.0681 e. The van der Waals surface area contributed by atoms with Crippen LogP contribution in [0.1, 0.15) is 52.1 Å². The Morgan fingerprint density at radius 3 is 2.21 bits per heavy atom. The summed E-state index contributed by atoms with van der Waals surface area (Å²) in [7, 11) is 0. The van der Waals surface area contributed by atoms with Gasteiger partial charge in [0.05, 0.1) is 6.61 Å². The van der Waals surface area contributed by atoms with Crippen molar-refractivity contribution in [2.24, 2.45) is 0 Å². The molecule has 0 bridgehead atoms. The molecule has 0 saturated carbocycles. The second kappa shape index (κ2) is 9.91. The maximum atomic E-state index is 9.19. The Morgan fingerprint density at radius 1 is 0.821 bits per heavy atom. The molecule has 3 rings (SSSR count). The van der Waals surface area contributed by atoms with Crippen LogP contribution in [-0.4, -0.2) is 5.11 Å². The normalized spacial score (nSPS) is 12.1. The summed E-state index contributed by atoms with van der Waals surface area (Å²) in [4.78, 5) is 0. The van der Waals surface area contributed by atoms with Crippen molar-refractivity contribution in [3.05, 3.63) is 105 Å². The van der Waals surface area contributed by atoms with Crippen LogP contribution in [0.2, 0.25) is 5.02 Å². The Balaban J connectivity index is 1.71. The van der Waals surface area contributed by atoms with Crippen LogP contribution >= 0.6 is 11.6 Å². The Kier molecular flexibility index (Phi) is 7.30. The van der Waals surface area contributed by atoms with E-state index >= 15 is 0 Å². The molecular formula is C26H29ClO. The Hall–Kier alpha value is -2.09. The second-order valence-electron chi connectivity index (χ2n) is 7.74. The lowest BCUT2D eigenvalue weighted by Crippen LogP contribution is -2.05. The van der Waals surface area contributed by atoms with Gasteiger partial charge in [0.1, 0.15) is 0 Å². The molecule has 1 atom stereocenters. The van der Waals surface area contributed by atoms with Gasteiger partial charge in [-0.15, -0.1) is 0 Å². The molecule has 1 unspecified atom stereocenters. The molecule has 1 N–H and O–H groups in total. The number of benzene rings is 3. The van der Waals surface area contributed by atoms with Gasteiger partial charge in [-0.2, -0.15) is 0 Å². The highest BCUT2D eigenvalue weighted by Gasteiger charge is 2.14. The quantitative estimate of drug-likeness (QED) is 0.447. The molecular weight excluding hydrogens is 364 g/mol. The molecule has 0 aliphatic rings. The molecule has 0 spiro atoms. The van der Waals surface area contributed by atoms with Gasteiger partial charge in [-0.05, 0) is 91.0 Å². The van der Waals surface area contributed by atoms with Gasteiger partial charge >= 0.3 is 0 Å². The largest absolute Gasteiger partial charge is 0.392 e. The van der Waals surface area contributed by atoms with Gasteiger partial charge < -0.3 is 5.11 Å². The van der Waals surface area contributed by atoms with Crippen LogP contribution in [-0.2, 0) is 19.4 Å². The van der Waals surface area contributed by atoms with Crippen LogP contribution in [0.4, 0.5) is 0 Å². The number of hydrogen-bond acceptors (Lipinski definition) is 1. The molecule has 0 heterocycles. The van der Waals surface area contributed by atoms with E-state index in [1.54, 1.807) is 0 Å². The Morgan fingerprint density at radius 2 is 1.54 bits per heavy atom. The first-order valence-corrected chi connectivity index (χ1v) is 10.4. The molecule has 146 valence electrons. The first kappa shape index (κ1) is 20.6. The summed E-state index contributed by atoms with van der Waals surface area (Å²) in [5.74, 6) is 0.456. The number of aryl methyl sites for hydroxylation is 3. The average Bonchev–Trinajstić information content (AvgIpc) is 2.70. The Labute approximate surface area is 174 Å². The lowest BCUT2D eigenvalue weighted by molar-refractivity contribution is 0.282. The summed E-state index contributed by atoms with van der Waals surface area (Å²) in [5.41, 5.74) is 7.70. The second-order valence-corrected chi connectivity index (χ2v) is 8.18. The molecule has 3 aromatic rings. The minimum absolute atomic E-state index is 0.104. The molecule has 0 aliphatic heterocycles.